The van der Waals surface area contributed by atoms with Gasteiger partial charge in [0.2, 0.25) is 0 Å². The van der Waals surface area contributed by atoms with Crippen molar-refractivity contribution < 1.29 is 43.5 Å². The molecular formula is C23H34O9. The van der Waals surface area contributed by atoms with Gasteiger partial charge in [-0.3, -0.25) is 14.4 Å². The van der Waals surface area contributed by atoms with E-state index in [4.69, 9.17) is 18.9 Å². The maximum absolute atomic E-state index is 13.1. The highest BCUT2D eigenvalue weighted by Gasteiger charge is 2.52. The van der Waals surface area contributed by atoms with Crippen LogP contribution in [0.3, 0.4) is 0 Å². The van der Waals surface area contributed by atoms with Crippen molar-refractivity contribution in [2.24, 2.45) is 0 Å². The first-order valence-electron chi connectivity index (χ1n) is 10.9. The van der Waals surface area contributed by atoms with Crippen molar-refractivity contribution in [1.29, 1.82) is 0 Å². The van der Waals surface area contributed by atoms with Gasteiger partial charge in [0.25, 0.3) is 0 Å². The molecule has 0 aromatic heterocycles. The van der Waals surface area contributed by atoms with Crippen molar-refractivity contribution in [3.05, 3.63) is 24.8 Å². The van der Waals surface area contributed by atoms with Crippen LogP contribution in [0.4, 0.5) is 0 Å². The normalized spacial score (nSPS) is 32.0. The fourth-order valence-corrected chi connectivity index (χ4v) is 3.73. The predicted molar refractivity (Wildman–Crippen MR) is 114 cm³/mol. The number of hydrogen-bond donors (Lipinski definition) is 2. The lowest BCUT2D eigenvalue weighted by atomic mass is 9.92. The van der Waals surface area contributed by atoms with E-state index in [1.165, 1.54) is 13.0 Å². The second kappa shape index (κ2) is 11.8. The summed E-state index contributed by atoms with van der Waals surface area (Å²) in [6.45, 7) is 8.67. The van der Waals surface area contributed by atoms with E-state index in [0.717, 1.165) is 6.42 Å². The lowest BCUT2D eigenvalue weighted by molar-refractivity contribution is -0.168. The molecule has 0 unspecified atom stereocenters. The Balaban J connectivity index is 2.15. The smallest absolute Gasteiger partial charge is 0.302 e. The number of ketones is 2. The molecule has 7 atom stereocenters. The number of aliphatic hydroxyl groups excluding tert-OH is 2. The van der Waals surface area contributed by atoms with E-state index < -0.39 is 59.8 Å². The molecule has 2 rings (SSSR count). The van der Waals surface area contributed by atoms with E-state index in [0.29, 0.717) is 19.4 Å². The Bertz CT molecular complexity index is 718. The molecule has 0 aromatic rings. The van der Waals surface area contributed by atoms with Gasteiger partial charge in [0.1, 0.15) is 31.0 Å². The van der Waals surface area contributed by atoms with Gasteiger partial charge in [-0.05, 0) is 31.9 Å². The van der Waals surface area contributed by atoms with Crippen LogP contribution in [0.1, 0.15) is 46.5 Å². The number of esters is 1. The van der Waals surface area contributed by atoms with Crippen molar-refractivity contribution in [3.63, 3.8) is 0 Å². The van der Waals surface area contributed by atoms with E-state index in [1.807, 2.05) is 6.92 Å². The van der Waals surface area contributed by atoms with Gasteiger partial charge in [-0.25, -0.2) is 0 Å². The number of ether oxygens (including phenoxy) is 4. The number of Topliss-reactive ketones (excluding diaryl/α,β-unsaturated/α-hetero) is 1. The van der Waals surface area contributed by atoms with Gasteiger partial charge in [-0.15, -0.1) is 6.58 Å². The summed E-state index contributed by atoms with van der Waals surface area (Å²) in [4.78, 5) is 36.5. The third kappa shape index (κ3) is 6.79. The molecule has 0 bridgehead atoms. The molecule has 2 aliphatic heterocycles. The molecule has 0 radical (unpaired) electrons. The van der Waals surface area contributed by atoms with Crippen molar-refractivity contribution in [2.45, 2.75) is 88.7 Å². The molecule has 0 saturated carbocycles. The lowest BCUT2D eigenvalue weighted by Crippen LogP contribution is -2.52. The Morgan fingerprint density at radius 1 is 1.34 bits per heavy atom. The zero-order valence-corrected chi connectivity index (χ0v) is 18.9. The van der Waals surface area contributed by atoms with E-state index in [1.54, 1.807) is 19.1 Å². The molecule has 1 saturated heterocycles. The number of rotatable bonds is 12. The van der Waals surface area contributed by atoms with Crippen molar-refractivity contribution >= 4 is 17.5 Å². The van der Waals surface area contributed by atoms with Gasteiger partial charge < -0.3 is 29.2 Å². The molecule has 9 heteroatoms. The summed E-state index contributed by atoms with van der Waals surface area (Å²) in [6.07, 6.45) is -0.702. The van der Waals surface area contributed by atoms with Crippen LogP contribution >= 0.6 is 0 Å². The van der Waals surface area contributed by atoms with Gasteiger partial charge in [0.15, 0.2) is 11.6 Å². The van der Waals surface area contributed by atoms with Crippen LogP contribution in [0.15, 0.2) is 24.8 Å². The highest BCUT2D eigenvalue weighted by molar-refractivity contribution is 5.97. The summed E-state index contributed by atoms with van der Waals surface area (Å²) < 4.78 is 22.1. The Morgan fingerprint density at radius 3 is 2.69 bits per heavy atom. The van der Waals surface area contributed by atoms with Gasteiger partial charge in [-0.2, -0.15) is 0 Å². The van der Waals surface area contributed by atoms with E-state index in [2.05, 4.69) is 6.58 Å². The number of hydrogen-bond acceptors (Lipinski definition) is 9. The fraction of sp³-hybridized carbons (Fsp3) is 0.696. The Labute approximate surface area is 188 Å². The van der Waals surface area contributed by atoms with Gasteiger partial charge in [-0.1, -0.05) is 19.4 Å². The van der Waals surface area contributed by atoms with Crippen LogP contribution < -0.4 is 0 Å². The van der Waals surface area contributed by atoms with Crippen molar-refractivity contribution in [3.8, 4) is 0 Å². The molecule has 0 aliphatic carbocycles. The summed E-state index contributed by atoms with van der Waals surface area (Å²) >= 11 is 0. The van der Waals surface area contributed by atoms with Gasteiger partial charge in [0.05, 0.1) is 17.8 Å². The van der Waals surface area contributed by atoms with Crippen LogP contribution in [0, 0.1) is 0 Å². The molecule has 0 amide bonds. The molecular weight excluding hydrogens is 420 g/mol. The largest absolute Gasteiger partial charge is 0.463 e. The van der Waals surface area contributed by atoms with E-state index in [9.17, 15) is 24.6 Å². The lowest BCUT2D eigenvalue weighted by Gasteiger charge is -2.36. The second-order valence-corrected chi connectivity index (χ2v) is 8.40. The first kappa shape index (κ1) is 26.3. The molecule has 2 N–H and O–H groups in total. The van der Waals surface area contributed by atoms with Crippen LogP contribution in [-0.2, 0) is 33.3 Å². The van der Waals surface area contributed by atoms with E-state index >= 15 is 0 Å². The first-order chi connectivity index (χ1) is 15.1. The third-order valence-corrected chi connectivity index (χ3v) is 5.45. The minimum atomic E-state index is -1.56. The molecule has 2 heterocycles. The van der Waals surface area contributed by atoms with E-state index in [-0.39, 0.29) is 13.0 Å². The van der Waals surface area contributed by atoms with Crippen molar-refractivity contribution in [2.75, 3.05) is 13.2 Å². The SMILES string of the molecule is C=CC[C@]1(C)C=CC(=O)[C@@H]([C@@H](O)[C@@H]2O[C@H](C[C@@H](O)COC(C)=O)[C@H](OCCCC)C2=O)O1. The average molecular weight is 455 g/mol. The van der Waals surface area contributed by atoms with Crippen LogP contribution in [0.25, 0.3) is 0 Å². The zero-order valence-electron chi connectivity index (χ0n) is 18.9. The Hall–Kier alpha value is -1.91. The molecule has 0 spiro atoms. The van der Waals surface area contributed by atoms with Crippen LogP contribution in [0.5, 0.6) is 0 Å². The molecule has 2 aliphatic rings. The summed E-state index contributed by atoms with van der Waals surface area (Å²) in [6, 6.07) is 0. The third-order valence-electron chi connectivity index (χ3n) is 5.45. The molecule has 32 heavy (non-hydrogen) atoms. The zero-order chi connectivity index (χ0) is 23.9. The average Bonchev–Trinajstić information content (AvgIpc) is 3.03. The molecule has 9 nitrogen and oxygen atoms in total. The van der Waals surface area contributed by atoms with Crippen molar-refractivity contribution in [1.82, 2.24) is 0 Å². The standard InChI is InChI=1S/C23H34O9/c1-5-7-11-29-21-17(12-15(25)13-30-14(3)24)31-22(19(21)28)18(27)20-16(26)8-10-23(4,32-20)9-6-2/h6,8,10,15,17-18,20-22,25,27H,2,5,7,9,11-13H2,1,3-4H3/t15-,17-,18-,20+,21+,22+,23-/m1/s1. The predicted octanol–water partition coefficient (Wildman–Crippen LogP) is 1.04. The van der Waals surface area contributed by atoms with Gasteiger partial charge in [0, 0.05) is 20.0 Å². The fourth-order valence-electron chi connectivity index (χ4n) is 3.73. The number of aliphatic hydroxyl groups is 2. The number of carbonyl (C=O) groups excluding carboxylic acids is 3. The summed E-state index contributed by atoms with van der Waals surface area (Å²) in [5.41, 5.74) is -0.848. The van der Waals surface area contributed by atoms with Crippen LogP contribution in [0.2, 0.25) is 0 Å². The van der Waals surface area contributed by atoms with Crippen LogP contribution in [-0.4, -0.2) is 83.2 Å². The minimum absolute atomic E-state index is 0.0490. The summed E-state index contributed by atoms with van der Waals surface area (Å²) in [5, 5.41) is 21.1. The second-order valence-electron chi connectivity index (χ2n) is 8.40. The molecule has 0 aromatic carbocycles. The summed E-state index contributed by atoms with van der Waals surface area (Å²) in [7, 11) is 0. The molecule has 1 fully saturated rings. The highest BCUT2D eigenvalue weighted by atomic mass is 16.6. The molecule has 180 valence electrons. The monoisotopic (exact) mass is 454 g/mol. The Morgan fingerprint density at radius 2 is 2.06 bits per heavy atom. The number of carbonyl (C=O) groups is 3. The quantitative estimate of drug-likeness (QED) is 0.252. The Kier molecular flexibility index (Phi) is 9.72. The highest BCUT2D eigenvalue weighted by Crippen LogP contribution is 2.32. The maximum Gasteiger partial charge on any atom is 0.302 e. The first-order valence-corrected chi connectivity index (χ1v) is 10.9. The maximum atomic E-state index is 13.1. The number of unbranched alkanes of at least 4 members (excludes halogenated alkanes) is 1. The topological polar surface area (TPSA) is 129 Å². The minimum Gasteiger partial charge on any atom is -0.463 e. The van der Waals surface area contributed by atoms with Gasteiger partial charge >= 0.3 is 5.97 Å². The summed E-state index contributed by atoms with van der Waals surface area (Å²) in [5.74, 6) is -1.54.